The molecule has 0 radical (unpaired) electrons. The largest absolute Gasteiger partial charge is 0.352 e. The summed E-state index contributed by atoms with van der Waals surface area (Å²) in [5.74, 6) is 0.0602. The van der Waals surface area contributed by atoms with Gasteiger partial charge in [-0.25, -0.2) is 0 Å². The highest BCUT2D eigenvalue weighted by Gasteiger charge is 2.30. The molecule has 1 atom stereocenters. The van der Waals surface area contributed by atoms with Gasteiger partial charge in [-0.2, -0.15) is 0 Å². The fraction of sp³-hybridized carbons (Fsp3) is 0.286. The monoisotopic (exact) mass is 538 g/mol. The average Bonchev–Trinajstić information content (AvgIpc) is 2.81. The molecule has 4 nitrogen and oxygen atoms in total. The van der Waals surface area contributed by atoms with Crippen LogP contribution in [0.4, 0.5) is 0 Å². The number of nitrogens with one attached hydrogen (secondary N) is 1. The molecule has 0 heterocycles. The van der Waals surface area contributed by atoms with E-state index in [9.17, 15) is 9.59 Å². The molecule has 2 amide bonds. The summed E-state index contributed by atoms with van der Waals surface area (Å²) in [6, 6.07) is 25.3. The normalized spacial score (nSPS) is 11.8. The summed E-state index contributed by atoms with van der Waals surface area (Å²) in [5, 5.41) is 3.03. The smallest absolute Gasteiger partial charge is 0.243 e. The molecule has 0 bridgehead atoms. The topological polar surface area (TPSA) is 49.4 Å². The first-order valence-corrected chi connectivity index (χ1v) is 13.2. The van der Waals surface area contributed by atoms with E-state index in [4.69, 9.17) is 0 Å². The van der Waals surface area contributed by atoms with Gasteiger partial charge in [0.2, 0.25) is 11.8 Å². The molecule has 6 heteroatoms. The Morgan fingerprint density at radius 1 is 0.941 bits per heavy atom. The van der Waals surface area contributed by atoms with E-state index < -0.39 is 6.04 Å². The number of thioether (sulfide) groups is 1. The first kappa shape index (κ1) is 26.0. The summed E-state index contributed by atoms with van der Waals surface area (Å²) in [6.07, 6.45) is 0.453. The van der Waals surface area contributed by atoms with Crippen molar-refractivity contribution in [3.63, 3.8) is 0 Å². The molecule has 0 saturated heterocycles. The number of rotatable bonds is 10. The fourth-order valence-electron chi connectivity index (χ4n) is 3.63. The van der Waals surface area contributed by atoms with E-state index in [1.807, 2.05) is 99.6 Å². The zero-order valence-electron chi connectivity index (χ0n) is 19.8. The van der Waals surface area contributed by atoms with E-state index in [0.29, 0.717) is 13.0 Å². The summed E-state index contributed by atoms with van der Waals surface area (Å²) < 4.78 is 0.942. The third kappa shape index (κ3) is 8.03. The zero-order chi connectivity index (χ0) is 24.5. The van der Waals surface area contributed by atoms with Crippen LogP contribution in [0.1, 0.15) is 30.5 Å². The van der Waals surface area contributed by atoms with Crippen LogP contribution in [0.3, 0.4) is 0 Å². The van der Waals surface area contributed by atoms with Gasteiger partial charge in [0.05, 0.1) is 5.75 Å². The standard InChI is InChI=1S/C28H31BrN2O2S/c1-20(2)30-28(33)26(17-22-8-5-4-6-9-22)31(18-23-10-7-11-24(29)16-23)27(32)19-34-25-14-12-21(3)13-15-25/h4-16,20,26H,17-19H2,1-3H3,(H,30,33)/t26-/m1/s1. The van der Waals surface area contributed by atoms with Crippen LogP contribution < -0.4 is 5.32 Å². The Kier molecular flexibility index (Phi) is 9.78. The van der Waals surface area contributed by atoms with Crippen molar-refractivity contribution < 1.29 is 9.59 Å². The van der Waals surface area contributed by atoms with Gasteiger partial charge in [0, 0.05) is 28.4 Å². The Morgan fingerprint density at radius 2 is 1.62 bits per heavy atom. The van der Waals surface area contributed by atoms with Gasteiger partial charge in [0.15, 0.2) is 0 Å². The molecule has 0 saturated carbocycles. The van der Waals surface area contributed by atoms with Crippen LogP contribution in [0.15, 0.2) is 88.2 Å². The van der Waals surface area contributed by atoms with Crippen molar-refractivity contribution in [3.05, 3.63) is 100 Å². The third-order valence-electron chi connectivity index (χ3n) is 5.33. The minimum absolute atomic E-state index is 0.0180. The molecule has 3 aromatic rings. The average molecular weight is 540 g/mol. The summed E-state index contributed by atoms with van der Waals surface area (Å²) in [7, 11) is 0. The number of carbonyl (C=O) groups is 2. The number of hydrogen-bond donors (Lipinski definition) is 1. The molecule has 0 spiro atoms. The second-order valence-electron chi connectivity index (χ2n) is 8.62. The number of aryl methyl sites for hydroxylation is 1. The molecular weight excluding hydrogens is 508 g/mol. The molecule has 34 heavy (non-hydrogen) atoms. The first-order valence-electron chi connectivity index (χ1n) is 11.4. The van der Waals surface area contributed by atoms with Crippen LogP contribution in [-0.4, -0.2) is 34.6 Å². The van der Waals surface area contributed by atoms with Crippen molar-refractivity contribution in [2.45, 2.75) is 50.7 Å². The lowest BCUT2D eigenvalue weighted by atomic mass is 10.0. The molecule has 0 fully saturated rings. The van der Waals surface area contributed by atoms with Crippen molar-refractivity contribution in [2.24, 2.45) is 0 Å². The van der Waals surface area contributed by atoms with Crippen molar-refractivity contribution in [2.75, 3.05) is 5.75 Å². The first-order chi connectivity index (χ1) is 16.3. The maximum Gasteiger partial charge on any atom is 0.243 e. The maximum absolute atomic E-state index is 13.6. The molecule has 0 unspecified atom stereocenters. The number of amides is 2. The van der Waals surface area contributed by atoms with Gasteiger partial charge >= 0.3 is 0 Å². The van der Waals surface area contributed by atoms with E-state index in [0.717, 1.165) is 20.5 Å². The molecule has 3 rings (SSSR count). The van der Waals surface area contributed by atoms with Crippen molar-refractivity contribution in [1.82, 2.24) is 10.2 Å². The van der Waals surface area contributed by atoms with E-state index in [1.54, 1.807) is 4.90 Å². The van der Waals surface area contributed by atoms with Crippen LogP contribution in [0.5, 0.6) is 0 Å². The number of hydrogen-bond acceptors (Lipinski definition) is 3. The summed E-state index contributed by atoms with van der Waals surface area (Å²) in [4.78, 5) is 29.7. The lowest BCUT2D eigenvalue weighted by Gasteiger charge is -2.32. The fourth-order valence-corrected chi connectivity index (χ4v) is 4.86. The lowest BCUT2D eigenvalue weighted by Crippen LogP contribution is -2.52. The van der Waals surface area contributed by atoms with Gasteiger partial charge in [0.25, 0.3) is 0 Å². The van der Waals surface area contributed by atoms with Crippen LogP contribution >= 0.6 is 27.7 Å². The van der Waals surface area contributed by atoms with Gasteiger partial charge in [-0.1, -0.05) is 76.1 Å². The predicted octanol–water partition coefficient (Wildman–Crippen LogP) is 6.01. The van der Waals surface area contributed by atoms with Crippen LogP contribution in [0.2, 0.25) is 0 Å². The van der Waals surface area contributed by atoms with Gasteiger partial charge in [0.1, 0.15) is 6.04 Å². The highest BCUT2D eigenvalue weighted by Crippen LogP contribution is 2.22. The maximum atomic E-state index is 13.6. The van der Waals surface area contributed by atoms with Gasteiger partial charge in [-0.05, 0) is 56.2 Å². The summed E-state index contributed by atoms with van der Waals surface area (Å²) in [6.45, 7) is 6.27. The second kappa shape index (κ2) is 12.8. The van der Waals surface area contributed by atoms with Crippen LogP contribution in [0.25, 0.3) is 0 Å². The minimum atomic E-state index is -0.616. The van der Waals surface area contributed by atoms with Crippen LogP contribution in [0, 0.1) is 6.92 Å². The van der Waals surface area contributed by atoms with Crippen LogP contribution in [-0.2, 0) is 22.6 Å². The van der Waals surface area contributed by atoms with Crippen molar-refractivity contribution in [1.29, 1.82) is 0 Å². The quantitative estimate of drug-likeness (QED) is 0.321. The van der Waals surface area contributed by atoms with Gasteiger partial charge < -0.3 is 10.2 Å². The number of benzene rings is 3. The SMILES string of the molecule is Cc1ccc(SCC(=O)N(Cc2cccc(Br)c2)[C@H](Cc2ccccc2)C(=O)NC(C)C)cc1. The number of nitrogens with zero attached hydrogens (tertiary/aromatic N) is 1. The summed E-state index contributed by atoms with van der Waals surface area (Å²) in [5.41, 5.74) is 3.17. The molecule has 1 N–H and O–H groups in total. The van der Waals surface area contributed by atoms with E-state index in [-0.39, 0.29) is 23.6 Å². The molecular formula is C28H31BrN2O2S. The lowest BCUT2D eigenvalue weighted by molar-refractivity contribution is -0.139. The van der Waals surface area contributed by atoms with E-state index in [2.05, 4.69) is 21.2 Å². The minimum Gasteiger partial charge on any atom is -0.352 e. The Bertz CT molecular complexity index is 1090. The second-order valence-corrected chi connectivity index (χ2v) is 10.6. The molecule has 178 valence electrons. The van der Waals surface area contributed by atoms with E-state index >= 15 is 0 Å². The molecule has 0 aliphatic heterocycles. The Labute approximate surface area is 215 Å². The Balaban J connectivity index is 1.90. The van der Waals surface area contributed by atoms with Crippen molar-refractivity contribution in [3.8, 4) is 0 Å². The third-order valence-corrected chi connectivity index (χ3v) is 6.82. The number of halogens is 1. The zero-order valence-corrected chi connectivity index (χ0v) is 22.2. The van der Waals surface area contributed by atoms with Gasteiger partial charge in [-0.3, -0.25) is 9.59 Å². The van der Waals surface area contributed by atoms with Gasteiger partial charge in [-0.15, -0.1) is 11.8 Å². The number of carbonyl (C=O) groups excluding carboxylic acids is 2. The Hall–Kier alpha value is -2.57. The molecule has 3 aromatic carbocycles. The molecule has 0 aliphatic rings. The van der Waals surface area contributed by atoms with E-state index in [1.165, 1.54) is 17.3 Å². The predicted molar refractivity (Wildman–Crippen MR) is 144 cm³/mol. The summed E-state index contributed by atoms with van der Waals surface area (Å²) >= 11 is 5.02. The molecule has 0 aromatic heterocycles. The van der Waals surface area contributed by atoms with Crippen molar-refractivity contribution >= 4 is 39.5 Å². The highest BCUT2D eigenvalue weighted by atomic mass is 79.9. The molecule has 0 aliphatic carbocycles. The Morgan fingerprint density at radius 3 is 2.26 bits per heavy atom. The highest BCUT2D eigenvalue weighted by molar-refractivity contribution is 9.10.